The normalized spacial score (nSPS) is 12.2. The van der Waals surface area contributed by atoms with Crippen LogP contribution < -0.4 is 38.1 Å². The SMILES string of the molecule is CCC[C@H](CCOCc1ccccc1)Oc1nc(N(Cc2ccc(OC)cc2OC)Cc2ccc(OC)cc2OC)c2ncc(C(O)c3ccc(OCCN(C)C(=O)OC(C)(C)C)cc3OCC)n2n1. The van der Waals surface area contributed by atoms with E-state index < -0.39 is 17.8 Å². The van der Waals surface area contributed by atoms with Crippen molar-refractivity contribution in [1.29, 1.82) is 0 Å². The van der Waals surface area contributed by atoms with Crippen LogP contribution in [0.25, 0.3) is 5.65 Å². The maximum atomic E-state index is 12.5. The molecule has 0 aliphatic carbocycles. The monoisotopic (exact) mass is 964 g/mol. The molecule has 0 radical (unpaired) electrons. The van der Waals surface area contributed by atoms with Gasteiger partial charge in [-0.05, 0) is 76.1 Å². The number of carbonyl (C=O) groups excluding carboxylic acids is 1. The molecule has 17 heteroatoms. The Morgan fingerprint density at radius 2 is 1.41 bits per heavy atom. The standard InChI is InChI=1S/C53H68N6O11/c1-11-16-39(25-27-66-35-36-17-14-13-15-18-36)69-51-55-50(58(33-37-19-21-40(62-7)29-45(37)64-9)34-38-20-22-41(63-8)30-46(38)65-10)49-54-32-44(59(49)56-51)48(60)43-24-23-42(31-47(43)67-12-2)68-28-26-57(6)52(61)70-53(3,4)5/h13-15,17-24,29-32,39,48,60H,11-12,16,25-28,33-35H2,1-10H3/t39-,48?/m1/s1. The molecule has 70 heavy (non-hydrogen) atoms. The molecule has 1 unspecified atom stereocenters. The topological polar surface area (TPSA) is 170 Å². The number of aromatic nitrogens is 4. The number of nitrogens with zero attached hydrogens (tertiary/aromatic N) is 6. The van der Waals surface area contributed by atoms with E-state index in [0.29, 0.717) is 89.9 Å². The van der Waals surface area contributed by atoms with Crippen LogP contribution in [0, 0.1) is 0 Å². The first-order valence-electron chi connectivity index (χ1n) is 23.5. The third-order valence-corrected chi connectivity index (χ3v) is 11.2. The number of aliphatic hydroxyl groups is 1. The maximum Gasteiger partial charge on any atom is 0.410 e. The van der Waals surface area contributed by atoms with Crippen molar-refractivity contribution in [2.45, 2.75) is 91.4 Å². The Hall–Kier alpha value is -6.98. The van der Waals surface area contributed by atoms with Crippen LogP contribution in [0.2, 0.25) is 0 Å². The average molecular weight is 965 g/mol. The Morgan fingerprint density at radius 3 is 2.01 bits per heavy atom. The first-order chi connectivity index (χ1) is 33.8. The predicted octanol–water partition coefficient (Wildman–Crippen LogP) is 9.25. The number of anilines is 1. The van der Waals surface area contributed by atoms with Crippen LogP contribution in [0.4, 0.5) is 10.6 Å². The fourth-order valence-electron chi connectivity index (χ4n) is 7.61. The van der Waals surface area contributed by atoms with Crippen molar-refractivity contribution in [3.63, 3.8) is 0 Å². The maximum absolute atomic E-state index is 12.5. The highest BCUT2D eigenvalue weighted by Gasteiger charge is 2.28. The van der Waals surface area contributed by atoms with Gasteiger partial charge in [0.15, 0.2) is 11.5 Å². The zero-order chi connectivity index (χ0) is 50.2. The van der Waals surface area contributed by atoms with Crippen LogP contribution in [-0.2, 0) is 29.2 Å². The van der Waals surface area contributed by atoms with E-state index in [2.05, 4.69) is 6.92 Å². The lowest BCUT2D eigenvalue weighted by molar-refractivity contribution is 0.0278. The van der Waals surface area contributed by atoms with Gasteiger partial charge in [0.05, 0.1) is 66.7 Å². The van der Waals surface area contributed by atoms with E-state index in [1.807, 2.05) is 99.3 Å². The van der Waals surface area contributed by atoms with E-state index in [1.54, 1.807) is 64.4 Å². The van der Waals surface area contributed by atoms with Gasteiger partial charge in [0, 0.05) is 61.4 Å². The number of imidazole rings is 1. The summed E-state index contributed by atoms with van der Waals surface area (Å²) in [4.78, 5) is 26.0. The molecule has 1 N–H and O–H groups in total. The summed E-state index contributed by atoms with van der Waals surface area (Å²) in [6, 6.07) is 26.6. The Morgan fingerprint density at radius 1 is 0.771 bits per heavy atom. The van der Waals surface area contributed by atoms with Crippen LogP contribution >= 0.6 is 0 Å². The molecule has 0 saturated carbocycles. The van der Waals surface area contributed by atoms with E-state index in [9.17, 15) is 9.90 Å². The van der Waals surface area contributed by atoms with Gasteiger partial charge in [-0.1, -0.05) is 43.7 Å². The first kappa shape index (κ1) is 52.4. The summed E-state index contributed by atoms with van der Waals surface area (Å²) >= 11 is 0. The Bertz CT molecular complexity index is 2550. The van der Waals surface area contributed by atoms with Crippen LogP contribution in [0.1, 0.15) is 87.9 Å². The fraction of sp³-hybridized carbons (Fsp3) is 0.434. The van der Waals surface area contributed by atoms with Crippen molar-refractivity contribution in [3.05, 3.63) is 119 Å². The van der Waals surface area contributed by atoms with Crippen molar-refractivity contribution < 1.29 is 52.5 Å². The number of hydrogen-bond acceptors (Lipinski definition) is 15. The van der Waals surface area contributed by atoms with Crippen LogP contribution in [0.3, 0.4) is 0 Å². The molecular weight excluding hydrogens is 897 g/mol. The van der Waals surface area contributed by atoms with Gasteiger partial charge in [0.25, 0.3) is 0 Å². The molecule has 376 valence electrons. The van der Waals surface area contributed by atoms with E-state index in [4.69, 9.17) is 57.7 Å². The number of ether oxygens (including phenoxy) is 9. The predicted molar refractivity (Wildman–Crippen MR) is 266 cm³/mol. The lowest BCUT2D eigenvalue weighted by Gasteiger charge is -2.27. The number of amides is 1. The minimum atomic E-state index is -1.28. The van der Waals surface area contributed by atoms with Crippen molar-refractivity contribution in [3.8, 4) is 40.5 Å². The van der Waals surface area contributed by atoms with Crippen molar-refractivity contribution in [1.82, 2.24) is 24.5 Å². The molecular formula is C53H68N6O11. The number of methoxy groups -OCH3 is 4. The summed E-state index contributed by atoms with van der Waals surface area (Å²) in [6.07, 6.45) is 1.68. The van der Waals surface area contributed by atoms with E-state index in [-0.39, 0.29) is 38.4 Å². The number of fused-ring (bicyclic) bond motifs is 1. The minimum Gasteiger partial charge on any atom is -0.497 e. The van der Waals surface area contributed by atoms with Gasteiger partial charge in [-0.15, -0.1) is 5.10 Å². The summed E-state index contributed by atoms with van der Waals surface area (Å²) < 4.78 is 54.9. The third kappa shape index (κ3) is 14.1. The summed E-state index contributed by atoms with van der Waals surface area (Å²) in [5, 5.41) is 17.3. The van der Waals surface area contributed by atoms with Crippen LogP contribution in [0.5, 0.6) is 40.5 Å². The van der Waals surface area contributed by atoms with Gasteiger partial charge < -0.3 is 57.5 Å². The number of aliphatic hydroxyl groups excluding tert-OH is 1. The Labute approximate surface area is 411 Å². The number of hydrogen-bond donors (Lipinski definition) is 1. The molecule has 0 bridgehead atoms. The summed E-state index contributed by atoms with van der Waals surface area (Å²) in [5.74, 6) is 3.80. The summed E-state index contributed by atoms with van der Waals surface area (Å²) in [7, 11) is 8.10. The van der Waals surface area contributed by atoms with Crippen molar-refractivity contribution in [2.24, 2.45) is 0 Å². The molecule has 6 rings (SSSR count). The summed E-state index contributed by atoms with van der Waals surface area (Å²) in [5.41, 5.74) is 3.27. The van der Waals surface area contributed by atoms with Crippen molar-refractivity contribution in [2.75, 3.05) is 66.8 Å². The highest BCUT2D eigenvalue weighted by molar-refractivity contribution is 5.68. The molecule has 0 aliphatic heterocycles. The molecule has 6 aromatic rings. The van der Waals surface area contributed by atoms with E-state index >= 15 is 0 Å². The molecule has 2 heterocycles. The number of likely N-dealkylation sites (N-methyl/N-ethyl adjacent to an activating group) is 1. The second-order valence-electron chi connectivity index (χ2n) is 17.5. The number of carbonyl (C=O) groups is 1. The minimum absolute atomic E-state index is 0.0778. The Kier molecular flexibility index (Phi) is 18.7. The third-order valence-electron chi connectivity index (χ3n) is 11.2. The Balaban J connectivity index is 1.41. The van der Waals surface area contributed by atoms with Gasteiger partial charge in [-0.3, -0.25) is 0 Å². The van der Waals surface area contributed by atoms with Gasteiger partial charge in [0.1, 0.15) is 58.9 Å². The molecule has 0 aliphatic rings. The zero-order valence-corrected chi connectivity index (χ0v) is 42.1. The molecule has 0 fully saturated rings. The van der Waals surface area contributed by atoms with Crippen LogP contribution in [0.15, 0.2) is 91.1 Å². The highest BCUT2D eigenvalue weighted by atomic mass is 16.6. The van der Waals surface area contributed by atoms with Crippen LogP contribution in [-0.4, -0.2) is 109 Å². The average Bonchev–Trinajstić information content (AvgIpc) is 3.78. The molecule has 17 nitrogen and oxygen atoms in total. The number of rotatable bonds is 26. The van der Waals surface area contributed by atoms with Gasteiger partial charge in [-0.2, -0.15) is 4.98 Å². The lowest BCUT2D eigenvalue weighted by atomic mass is 10.1. The molecule has 2 atom stereocenters. The second-order valence-corrected chi connectivity index (χ2v) is 17.5. The summed E-state index contributed by atoms with van der Waals surface area (Å²) in [6.45, 7) is 11.7. The first-order valence-corrected chi connectivity index (χ1v) is 23.5. The largest absolute Gasteiger partial charge is 0.497 e. The van der Waals surface area contributed by atoms with E-state index in [1.165, 1.54) is 4.90 Å². The van der Waals surface area contributed by atoms with Gasteiger partial charge in [-0.25, -0.2) is 14.3 Å². The van der Waals surface area contributed by atoms with Gasteiger partial charge >= 0.3 is 12.1 Å². The number of benzene rings is 4. The van der Waals surface area contributed by atoms with Gasteiger partial charge in [0.2, 0.25) is 0 Å². The van der Waals surface area contributed by atoms with E-state index in [0.717, 1.165) is 23.1 Å². The lowest BCUT2D eigenvalue weighted by Crippen LogP contribution is -2.36. The zero-order valence-electron chi connectivity index (χ0n) is 42.1. The molecule has 0 saturated heterocycles. The second kappa shape index (κ2) is 25.0. The highest BCUT2D eigenvalue weighted by Crippen LogP contribution is 2.37. The van der Waals surface area contributed by atoms with Crippen molar-refractivity contribution >= 4 is 17.6 Å². The molecule has 0 spiro atoms. The fourth-order valence-corrected chi connectivity index (χ4v) is 7.61. The molecule has 2 aromatic heterocycles. The molecule has 1 amide bonds. The molecule has 4 aromatic carbocycles. The quantitative estimate of drug-likeness (QED) is 0.0510. The smallest absolute Gasteiger partial charge is 0.410 e.